The Hall–Kier alpha value is -2.47. The lowest BCUT2D eigenvalue weighted by atomic mass is 9.74. The van der Waals surface area contributed by atoms with Crippen LogP contribution in [-0.2, 0) is 23.7 Å². The van der Waals surface area contributed by atoms with Gasteiger partial charge in [-0.3, -0.25) is 19.2 Å². The maximum absolute atomic E-state index is 13.8. The summed E-state index contributed by atoms with van der Waals surface area (Å²) in [6.45, 7) is 3.31. The van der Waals surface area contributed by atoms with Gasteiger partial charge in [0.1, 0.15) is 5.82 Å². The van der Waals surface area contributed by atoms with E-state index < -0.39 is 61.7 Å². The van der Waals surface area contributed by atoms with Gasteiger partial charge in [0.2, 0.25) is 5.91 Å². The van der Waals surface area contributed by atoms with Gasteiger partial charge >= 0.3 is 19.1 Å². The zero-order valence-corrected chi connectivity index (χ0v) is 17.9. The fraction of sp³-hybridized carbons (Fsp3) is 0.444. The molecule has 0 saturated carbocycles. The largest absolute Gasteiger partial charge is 0.552 e. The van der Waals surface area contributed by atoms with Crippen LogP contribution in [-0.4, -0.2) is 54.6 Å². The molecule has 1 unspecified atom stereocenters. The van der Waals surface area contributed by atoms with E-state index in [2.05, 4.69) is 26.6 Å². The van der Waals surface area contributed by atoms with Crippen LogP contribution in [0.1, 0.15) is 37.0 Å². The SMILES string of the molecule is CC(C)CC(NC(=O)CNC(=O)c1cc(Br)ccc1F)B1OC(=O)[C@H](CC(=O)O)O1. The van der Waals surface area contributed by atoms with Crippen LogP contribution in [0, 0.1) is 11.7 Å². The molecule has 12 heteroatoms. The number of rotatable bonds is 9. The summed E-state index contributed by atoms with van der Waals surface area (Å²) in [6.07, 6.45) is -1.43. The van der Waals surface area contributed by atoms with Gasteiger partial charge in [0.25, 0.3) is 5.91 Å². The molecule has 1 fully saturated rings. The molecule has 1 aliphatic rings. The van der Waals surface area contributed by atoms with Crippen molar-refractivity contribution in [3.8, 4) is 0 Å². The standard InChI is InChI=1S/C18H21BBrFN2O7/c1-9(2)5-14(19-29-13(7-16(25)26)18(28)30-19)23-15(24)8-22-17(27)11-6-10(20)3-4-12(11)21/h3-4,6,9,13-14H,5,7-8H2,1-2H3,(H,22,27)(H,23,24)(H,25,26)/t13-,14?/m0/s1. The van der Waals surface area contributed by atoms with Crippen LogP contribution in [0.4, 0.5) is 4.39 Å². The summed E-state index contributed by atoms with van der Waals surface area (Å²) in [6, 6.07) is 3.85. The van der Waals surface area contributed by atoms with Crippen molar-refractivity contribution in [3.05, 3.63) is 34.1 Å². The molecule has 0 aromatic heterocycles. The number of carboxylic acids is 1. The van der Waals surface area contributed by atoms with Crippen LogP contribution >= 0.6 is 15.9 Å². The first-order valence-corrected chi connectivity index (χ1v) is 9.96. The fourth-order valence-corrected chi connectivity index (χ4v) is 3.19. The van der Waals surface area contributed by atoms with Gasteiger partial charge in [0.15, 0.2) is 6.10 Å². The van der Waals surface area contributed by atoms with Crippen molar-refractivity contribution < 1.29 is 38.0 Å². The Bertz CT molecular complexity index is 839. The lowest BCUT2D eigenvalue weighted by Crippen LogP contribution is -2.50. The number of hydrogen-bond acceptors (Lipinski definition) is 6. The molecule has 2 rings (SSSR count). The average Bonchev–Trinajstić information content (AvgIpc) is 3.00. The Morgan fingerprint density at radius 3 is 2.67 bits per heavy atom. The second-order valence-electron chi connectivity index (χ2n) is 7.14. The van der Waals surface area contributed by atoms with E-state index in [0.717, 1.165) is 6.07 Å². The summed E-state index contributed by atoms with van der Waals surface area (Å²) in [5, 5.41) is 13.8. The number of nitrogens with one attached hydrogen (secondary N) is 2. The van der Waals surface area contributed by atoms with Crippen molar-refractivity contribution in [1.82, 2.24) is 10.6 Å². The summed E-state index contributed by atoms with van der Waals surface area (Å²) in [4.78, 5) is 47.1. The first-order chi connectivity index (χ1) is 14.1. The maximum Gasteiger partial charge on any atom is 0.552 e. The van der Waals surface area contributed by atoms with Gasteiger partial charge in [-0.05, 0) is 30.5 Å². The molecule has 1 aromatic rings. The molecule has 1 aliphatic heterocycles. The first-order valence-electron chi connectivity index (χ1n) is 9.17. The Labute approximate surface area is 180 Å². The number of halogens is 2. The molecular weight excluding hydrogens is 466 g/mol. The zero-order valence-electron chi connectivity index (χ0n) is 16.3. The molecule has 2 amide bonds. The number of aliphatic carboxylic acids is 1. The molecule has 0 spiro atoms. The van der Waals surface area contributed by atoms with Gasteiger partial charge in [-0.25, -0.2) is 4.39 Å². The van der Waals surface area contributed by atoms with E-state index in [-0.39, 0.29) is 11.5 Å². The molecule has 1 aromatic carbocycles. The molecule has 0 aliphatic carbocycles. The van der Waals surface area contributed by atoms with Gasteiger partial charge < -0.3 is 25.0 Å². The number of carboxylic acid groups (broad SMARTS) is 1. The number of amides is 2. The van der Waals surface area contributed by atoms with Crippen molar-refractivity contribution in [2.24, 2.45) is 5.92 Å². The van der Waals surface area contributed by atoms with Crippen molar-refractivity contribution >= 4 is 46.8 Å². The predicted molar refractivity (Wildman–Crippen MR) is 107 cm³/mol. The monoisotopic (exact) mass is 486 g/mol. The quantitative estimate of drug-likeness (QED) is 0.448. The lowest BCUT2D eigenvalue weighted by molar-refractivity contribution is -0.145. The second-order valence-corrected chi connectivity index (χ2v) is 8.05. The van der Waals surface area contributed by atoms with Crippen LogP contribution in [0.5, 0.6) is 0 Å². The molecule has 0 bridgehead atoms. The van der Waals surface area contributed by atoms with Crippen molar-refractivity contribution in [2.75, 3.05) is 6.54 Å². The minimum Gasteiger partial charge on any atom is -0.506 e. The topological polar surface area (TPSA) is 131 Å². The third-order valence-electron chi connectivity index (χ3n) is 4.14. The highest BCUT2D eigenvalue weighted by Crippen LogP contribution is 2.20. The van der Waals surface area contributed by atoms with Gasteiger partial charge in [-0.2, -0.15) is 0 Å². The maximum atomic E-state index is 13.8. The Morgan fingerprint density at radius 1 is 1.33 bits per heavy atom. The number of benzene rings is 1. The number of hydrogen-bond donors (Lipinski definition) is 3. The molecule has 1 saturated heterocycles. The van der Waals surface area contributed by atoms with Crippen molar-refractivity contribution in [2.45, 2.75) is 38.7 Å². The number of carbonyl (C=O) groups excluding carboxylic acids is 3. The average molecular weight is 487 g/mol. The fourth-order valence-electron chi connectivity index (χ4n) is 2.83. The van der Waals surface area contributed by atoms with Crippen LogP contribution in [0.2, 0.25) is 0 Å². The Morgan fingerprint density at radius 2 is 2.03 bits per heavy atom. The summed E-state index contributed by atoms with van der Waals surface area (Å²) in [5.41, 5.74) is -0.222. The van der Waals surface area contributed by atoms with Crippen LogP contribution < -0.4 is 10.6 Å². The smallest absolute Gasteiger partial charge is 0.506 e. The van der Waals surface area contributed by atoms with Gasteiger partial charge in [-0.1, -0.05) is 29.8 Å². The van der Waals surface area contributed by atoms with E-state index in [0.29, 0.717) is 10.9 Å². The van der Waals surface area contributed by atoms with Crippen LogP contribution in [0.3, 0.4) is 0 Å². The highest BCUT2D eigenvalue weighted by molar-refractivity contribution is 9.10. The highest BCUT2D eigenvalue weighted by atomic mass is 79.9. The third-order valence-corrected chi connectivity index (χ3v) is 4.63. The van der Waals surface area contributed by atoms with E-state index in [4.69, 9.17) is 14.4 Å². The van der Waals surface area contributed by atoms with Gasteiger partial charge in [0.05, 0.1) is 24.5 Å². The summed E-state index contributed by atoms with van der Waals surface area (Å²) < 4.78 is 24.7. The summed E-state index contributed by atoms with van der Waals surface area (Å²) >= 11 is 3.14. The van der Waals surface area contributed by atoms with E-state index in [1.807, 2.05) is 13.8 Å². The van der Waals surface area contributed by atoms with Crippen molar-refractivity contribution in [1.29, 1.82) is 0 Å². The van der Waals surface area contributed by atoms with E-state index in [1.165, 1.54) is 12.1 Å². The van der Waals surface area contributed by atoms with Gasteiger partial charge in [0, 0.05) is 4.47 Å². The van der Waals surface area contributed by atoms with E-state index >= 15 is 0 Å². The summed E-state index contributed by atoms with van der Waals surface area (Å²) in [7, 11) is -1.15. The lowest BCUT2D eigenvalue weighted by Gasteiger charge is -2.21. The highest BCUT2D eigenvalue weighted by Gasteiger charge is 2.46. The molecular formula is C18H21BBrFN2O7. The normalized spacial score (nSPS) is 16.9. The second kappa shape index (κ2) is 10.5. The number of carbonyl (C=O) groups is 4. The Balaban J connectivity index is 1.97. The molecule has 3 N–H and O–H groups in total. The summed E-state index contributed by atoms with van der Waals surface area (Å²) in [5.74, 6) is -4.81. The van der Waals surface area contributed by atoms with E-state index in [9.17, 15) is 23.6 Å². The van der Waals surface area contributed by atoms with E-state index in [1.54, 1.807) is 0 Å². The Kier molecular flexibility index (Phi) is 8.36. The van der Waals surface area contributed by atoms with Crippen LogP contribution in [0.25, 0.3) is 0 Å². The molecule has 30 heavy (non-hydrogen) atoms. The molecule has 162 valence electrons. The predicted octanol–water partition coefficient (Wildman–Crippen LogP) is 1.29. The third kappa shape index (κ3) is 6.80. The minimum atomic E-state index is -1.25. The molecule has 1 heterocycles. The van der Waals surface area contributed by atoms with Crippen LogP contribution in [0.15, 0.2) is 22.7 Å². The zero-order chi connectivity index (χ0) is 22.4. The molecule has 2 atom stereocenters. The minimum absolute atomic E-state index is 0.0847. The van der Waals surface area contributed by atoms with Gasteiger partial charge in [-0.15, -0.1) is 0 Å². The molecule has 0 radical (unpaired) electrons. The first kappa shape index (κ1) is 23.8. The van der Waals surface area contributed by atoms with Crippen molar-refractivity contribution in [3.63, 3.8) is 0 Å². The molecule has 9 nitrogen and oxygen atoms in total.